The summed E-state index contributed by atoms with van der Waals surface area (Å²) in [5.74, 6) is 1.33. The van der Waals surface area contributed by atoms with Crippen molar-refractivity contribution in [1.82, 2.24) is 0 Å². The average Bonchev–Trinajstić information content (AvgIpc) is 2.64. The van der Waals surface area contributed by atoms with Gasteiger partial charge in [0.2, 0.25) is 5.78 Å². The Morgan fingerprint density at radius 1 is 1.44 bits per heavy atom. The Morgan fingerprint density at radius 3 is 3.12 bits per heavy atom. The monoisotopic (exact) mass is 216 g/mol. The molecule has 16 heavy (non-hydrogen) atoms. The lowest BCUT2D eigenvalue weighted by molar-refractivity contribution is 0.106. The predicted octanol–water partition coefficient (Wildman–Crippen LogP) is 1.50. The molecule has 0 amide bonds. The largest absolute Gasteiger partial charge is 0.497 e. The van der Waals surface area contributed by atoms with Crippen molar-refractivity contribution in [2.75, 3.05) is 25.1 Å². The molecule has 0 aliphatic carbocycles. The third kappa shape index (κ3) is 1.16. The fourth-order valence-corrected chi connectivity index (χ4v) is 2.21. The highest BCUT2D eigenvalue weighted by Crippen LogP contribution is 2.33. The van der Waals surface area contributed by atoms with E-state index in [9.17, 15) is 4.79 Å². The van der Waals surface area contributed by atoms with Gasteiger partial charge in [-0.05, 0) is 24.6 Å². The van der Waals surface area contributed by atoms with E-state index in [1.165, 1.54) is 0 Å². The standard InChI is InChI=1S/C12H12N2O2/c1-16-8-3-4-10-9(7-8)11(15)12-13-5-2-6-14(10)12/h3-4,7H,2,5-6H2,1H3. The third-order valence-electron chi connectivity index (χ3n) is 3.00. The molecule has 0 spiro atoms. The Morgan fingerprint density at radius 2 is 2.31 bits per heavy atom. The van der Waals surface area contributed by atoms with E-state index in [0.29, 0.717) is 17.1 Å². The maximum Gasteiger partial charge on any atom is 0.230 e. The zero-order valence-electron chi connectivity index (χ0n) is 9.06. The SMILES string of the molecule is COc1ccc2c(c1)C(=O)C1=NCCCN12. The van der Waals surface area contributed by atoms with Crippen LogP contribution in [0.15, 0.2) is 23.2 Å². The Hall–Kier alpha value is -1.84. The summed E-state index contributed by atoms with van der Waals surface area (Å²) in [5, 5.41) is 0. The number of benzene rings is 1. The third-order valence-corrected chi connectivity index (χ3v) is 3.00. The number of hydrogen-bond acceptors (Lipinski definition) is 4. The van der Waals surface area contributed by atoms with Crippen molar-refractivity contribution >= 4 is 17.3 Å². The zero-order chi connectivity index (χ0) is 11.1. The minimum Gasteiger partial charge on any atom is -0.497 e. The second kappa shape index (κ2) is 3.33. The molecule has 4 nitrogen and oxygen atoms in total. The molecule has 2 aliphatic heterocycles. The maximum absolute atomic E-state index is 12.1. The first-order valence-corrected chi connectivity index (χ1v) is 5.36. The topological polar surface area (TPSA) is 41.9 Å². The Kier molecular flexibility index (Phi) is 1.96. The summed E-state index contributed by atoms with van der Waals surface area (Å²) in [4.78, 5) is 18.4. The minimum atomic E-state index is 0.0219. The lowest BCUT2D eigenvalue weighted by atomic mass is 10.1. The van der Waals surface area contributed by atoms with Gasteiger partial charge in [-0.25, -0.2) is 0 Å². The number of Topliss-reactive ketones (excluding diaryl/α,β-unsaturated/α-hetero) is 1. The van der Waals surface area contributed by atoms with E-state index in [0.717, 1.165) is 25.2 Å². The number of anilines is 1. The minimum absolute atomic E-state index is 0.0219. The molecular weight excluding hydrogens is 204 g/mol. The van der Waals surface area contributed by atoms with E-state index in [-0.39, 0.29) is 5.78 Å². The summed E-state index contributed by atoms with van der Waals surface area (Å²) in [6.45, 7) is 1.63. The zero-order valence-corrected chi connectivity index (χ0v) is 9.06. The number of amidine groups is 1. The van der Waals surface area contributed by atoms with Crippen molar-refractivity contribution in [3.8, 4) is 5.75 Å². The van der Waals surface area contributed by atoms with Crippen molar-refractivity contribution in [3.63, 3.8) is 0 Å². The number of carbonyl (C=O) groups is 1. The van der Waals surface area contributed by atoms with Crippen molar-refractivity contribution < 1.29 is 9.53 Å². The van der Waals surface area contributed by atoms with Crippen LogP contribution in [0.25, 0.3) is 0 Å². The maximum atomic E-state index is 12.1. The second-order valence-corrected chi connectivity index (χ2v) is 3.92. The Labute approximate surface area is 93.5 Å². The van der Waals surface area contributed by atoms with Crippen LogP contribution in [0.5, 0.6) is 5.75 Å². The number of ether oxygens (including phenoxy) is 1. The second-order valence-electron chi connectivity index (χ2n) is 3.92. The molecule has 0 fully saturated rings. The first-order valence-electron chi connectivity index (χ1n) is 5.36. The van der Waals surface area contributed by atoms with E-state index in [1.54, 1.807) is 13.2 Å². The summed E-state index contributed by atoms with van der Waals surface area (Å²) in [5.41, 5.74) is 1.67. The van der Waals surface area contributed by atoms with Crippen LogP contribution in [0.1, 0.15) is 16.8 Å². The molecule has 0 atom stereocenters. The highest BCUT2D eigenvalue weighted by Gasteiger charge is 2.34. The van der Waals surface area contributed by atoms with E-state index in [2.05, 4.69) is 4.99 Å². The number of aliphatic imine (C=N–C) groups is 1. The predicted molar refractivity (Wildman–Crippen MR) is 61.6 cm³/mol. The number of methoxy groups -OCH3 is 1. The van der Waals surface area contributed by atoms with Crippen molar-refractivity contribution in [3.05, 3.63) is 23.8 Å². The van der Waals surface area contributed by atoms with Gasteiger partial charge in [-0.3, -0.25) is 9.79 Å². The van der Waals surface area contributed by atoms with Gasteiger partial charge in [-0.15, -0.1) is 0 Å². The van der Waals surface area contributed by atoms with Gasteiger partial charge < -0.3 is 9.64 Å². The first kappa shape index (κ1) is 9.39. The summed E-state index contributed by atoms with van der Waals surface area (Å²) >= 11 is 0. The molecule has 1 aromatic rings. The molecule has 0 aromatic heterocycles. The van der Waals surface area contributed by atoms with E-state index in [4.69, 9.17) is 4.74 Å². The average molecular weight is 216 g/mol. The van der Waals surface area contributed by atoms with Crippen molar-refractivity contribution in [2.45, 2.75) is 6.42 Å². The van der Waals surface area contributed by atoms with Gasteiger partial charge in [0.05, 0.1) is 18.4 Å². The summed E-state index contributed by atoms with van der Waals surface area (Å²) < 4.78 is 5.13. The van der Waals surface area contributed by atoms with Crippen molar-refractivity contribution in [2.24, 2.45) is 4.99 Å². The van der Waals surface area contributed by atoms with Crippen LogP contribution in [0.2, 0.25) is 0 Å². The fourth-order valence-electron chi connectivity index (χ4n) is 2.21. The van der Waals surface area contributed by atoms with Gasteiger partial charge in [-0.1, -0.05) is 0 Å². The van der Waals surface area contributed by atoms with Crippen LogP contribution in [0.3, 0.4) is 0 Å². The molecular formula is C12H12N2O2. The molecule has 0 bridgehead atoms. The molecule has 0 saturated heterocycles. The van der Waals surface area contributed by atoms with Crippen LogP contribution in [-0.2, 0) is 0 Å². The Bertz CT molecular complexity index is 494. The molecule has 2 aliphatic rings. The molecule has 3 rings (SSSR count). The normalized spacial score (nSPS) is 17.9. The fraction of sp³-hybridized carbons (Fsp3) is 0.333. The Balaban J connectivity index is 2.15. The van der Waals surface area contributed by atoms with Gasteiger partial charge in [0.15, 0.2) is 5.84 Å². The van der Waals surface area contributed by atoms with Gasteiger partial charge in [0, 0.05) is 13.1 Å². The quantitative estimate of drug-likeness (QED) is 0.714. The lowest BCUT2D eigenvalue weighted by Gasteiger charge is -2.22. The molecule has 82 valence electrons. The number of fused-ring (bicyclic) bond motifs is 3. The molecule has 0 saturated carbocycles. The summed E-state index contributed by atoms with van der Waals surface area (Å²) in [6, 6.07) is 5.60. The number of rotatable bonds is 1. The number of hydrogen-bond donors (Lipinski definition) is 0. The van der Waals surface area contributed by atoms with Crippen molar-refractivity contribution in [1.29, 1.82) is 0 Å². The number of nitrogens with zero attached hydrogens (tertiary/aromatic N) is 2. The van der Waals surface area contributed by atoms with Gasteiger partial charge in [0.25, 0.3) is 0 Å². The molecule has 0 N–H and O–H groups in total. The number of ketones is 1. The van der Waals surface area contributed by atoms with Crippen LogP contribution in [0.4, 0.5) is 5.69 Å². The van der Waals surface area contributed by atoms with Crippen LogP contribution in [0, 0.1) is 0 Å². The lowest BCUT2D eigenvalue weighted by Crippen LogP contribution is -2.34. The summed E-state index contributed by atoms with van der Waals surface area (Å²) in [6.07, 6.45) is 1.00. The molecule has 0 radical (unpaired) electrons. The molecule has 4 heteroatoms. The highest BCUT2D eigenvalue weighted by atomic mass is 16.5. The first-order chi connectivity index (χ1) is 7.81. The molecule has 2 heterocycles. The van der Waals surface area contributed by atoms with E-state index in [1.807, 2.05) is 17.0 Å². The van der Waals surface area contributed by atoms with E-state index >= 15 is 0 Å². The van der Waals surface area contributed by atoms with Crippen LogP contribution in [-0.4, -0.2) is 31.8 Å². The molecule has 0 unspecified atom stereocenters. The van der Waals surface area contributed by atoms with Gasteiger partial charge >= 0.3 is 0 Å². The van der Waals surface area contributed by atoms with Crippen LogP contribution >= 0.6 is 0 Å². The molecule has 1 aromatic carbocycles. The van der Waals surface area contributed by atoms with E-state index < -0.39 is 0 Å². The van der Waals surface area contributed by atoms with Gasteiger partial charge in [0.1, 0.15) is 5.75 Å². The summed E-state index contributed by atoms with van der Waals surface area (Å²) in [7, 11) is 1.60. The number of carbonyl (C=O) groups excluding carboxylic acids is 1. The van der Waals surface area contributed by atoms with Crippen LogP contribution < -0.4 is 9.64 Å². The smallest absolute Gasteiger partial charge is 0.230 e. The van der Waals surface area contributed by atoms with Gasteiger partial charge in [-0.2, -0.15) is 0 Å². The highest BCUT2D eigenvalue weighted by molar-refractivity contribution is 6.54.